The zero-order valence-electron chi connectivity index (χ0n) is 4.00. The van der Waals surface area contributed by atoms with Gasteiger partial charge in [-0.05, 0) is 6.08 Å². The topological polar surface area (TPSA) is 103 Å². The molecule has 0 saturated carbocycles. The quantitative estimate of drug-likeness (QED) is 0.336. The summed E-state index contributed by atoms with van der Waals surface area (Å²) in [6.45, 7) is -0.278. The Labute approximate surface area is 45.6 Å². The molecule has 0 unspecified atom stereocenters. The lowest BCUT2D eigenvalue weighted by Crippen LogP contribution is -2.10. The number of nitrogens with two attached hydrogens (primary N) is 1. The van der Waals surface area contributed by atoms with E-state index in [1.54, 1.807) is 0 Å². The van der Waals surface area contributed by atoms with Crippen LogP contribution in [0.1, 0.15) is 0 Å². The molecule has 0 heterocycles. The minimum absolute atomic E-state index is 0.278. The van der Waals surface area contributed by atoms with Crippen LogP contribution in [0.2, 0.25) is 0 Å². The Bertz CT molecular complexity index is 94.7. The third-order valence-corrected chi connectivity index (χ3v) is 0.175. The van der Waals surface area contributed by atoms with Gasteiger partial charge >= 0.3 is 5.97 Å². The number of carbonyl (C=O) groups excluding carboxylic acids is 1. The second-order valence-corrected chi connectivity index (χ2v) is 0.689. The van der Waals surface area contributed by atoms with Gasteiger partial charge in [0.1, 0.15) is 0 Å². The Balaban J connectivity index is 0. The first kappa shape index (κ1) is 9.94. The molecule has 3 N–H and O–H groups in total. The van der Waals surface area contributed by atoms with Gasteiger partial charge in [-0.3, -0.25) is 9.59 Å². The molecular formula is C3H5N2O3-. The van der Waals surface area contributed by atoms with Crippen LogP contribution in [0.25, 0.3) is 5.41 Å². The molecular weight excluding hydrogens is 112 g/mol. The van der Waals surface area contributed by atoms with Crippen molar-refractivity contribution in [2.24, 2.45) is 5.73 Å². The zero-order valence-corrected chi connectivity index (χ0v) is 4.00. The van der Waals surface area contributed by atoms with E-state index in [1.165, 1.54) is 0 Å². The molecule has 0 bridgehead atoms. The largest absolute Gasteiger partial charge is 0.724 e. The third kappa shape index (κ3) is 106. The molecule has 5 heteroatoms. The van der Waals surface area contributed by atoms with Crippen LogP contribution in [0.4, 0.5) is 0 Å². The molecule has 0 rings (SSSR count). The fraction of sp³-hybridized carbons (Fsp3) is 0.333. The summed E-state index contributed by atoms with van der Waals surface area (Å²) >= 11 is 0. The van der Waals surface area contributed by atoms with Gasteiger partial charge in [-0.15, -0.1) is 0 Å². The van der Waals surface area contributed by atoms with Crippen molar-refractivity contribution in [2.75, 3.05) is 6.54 Å². The number of rotatable bonds is 1. The minimum atomic E-state index is -0.968. The molecule has 0 amide bonds. The highest BCUT2D eigenvalue weighted by Gasteiger charge is 1.81. The number of carbonyl (C=O) groups is 1. The van der Waals surface area contributed by atoms with Gasteiger partial charge in [0.05, 0.1) is 6.54 Å². The van der Waals surface area contributed by atoms with Crippen molar-refractivity contribution in [2.45, 2.75) is 0 Å². The Hall–Kier alpha value is -1.19. The average molecular weight is 117 g/mol. The molecule has 0 fully saturated rings. The normalized spacial score (nSPS) is 5.62. The van der Waals surface area contributed by atoms with E-state index in [4.69, 9.17) is 15.3 Å². The molecule has 0 aromatic heterocycles. The number of hydrogen-bond acceptors (Lipinski definition) is 3. The molecule has 5 nitrogen and oxygen atoms in total. The lowest BCUT2D eigenvalue weighted by molar-refractivity contribution is -0.135. The predicted octanol–water partition coefficient (Wildman–Crippen LogP) is -1.08. The summed E-state index contributed by atoms with van der Waals surface area (Å²) in [5, 5.41) is 14.4. The number of isocyanates is 1. The number of aliphatic carboxylic acids is 1. The number of carboxylic acid groups (broad SMARTS) is 1. The Morgan fingerprint density at radius 2 is 2.00 bits per heavy atom. The summed E-state index contributed by atoms with van der Waals surface area (Å²) in [6.07, 6.45) is 0.500. The Morgan fingerprint density at radius 3 is 2.00 bits per heavy atom. The first-order valence-electron chi connectivity index (χ1n) is 1.62. The first-order valence-corrected chi connectivity index (χ1v) is 1.62. The van der Waals surface area contributed by atoms with Gasteiger partial charge < -0.3 is 16.2 Å². The molecule has 0 aliphatic heterocycles. The van der Waals surface area contributed by atoms with E-state index in [0.717, 1.165) is 0 Å². The van der Waals surface area contributed by atoms with Crippen molar-refractivity contribution in [3.8, 4) is 0 Å². The summed E-state index contributed by atoms with van der Waals surface area (Å²) in [5.74, 6) is -0.968. The third-order valence-electron chi connectivity index (χ3n) is 0.175. The van der Waals surface area contributed by atoms with E-state index in [1.807, 2.05) is 0 Å². The molecule has 0 aromatic rings. The SMILES string of the molecule is NCC(=O)O.[N-]=C=O. The Morgan fingerprint density at radius 1 is 1.88 bits per heavy atom. The summed E-state index contributed by atoms with van der Waals surface area (Å²) in [4.78, 5) is 17.5. The van der Waals surface area contributed by atoms with Crippen LogP contribution in [0.5, 0.6) is 0 Å². The maximum Gasteiger partial charge on any atom is 0.317 e. The van der Waals surface area contributed by atoms with E-state index in [9.17, 15) is 4.79 Å². The van der Waals surface area contributed by atoms with E-state index < -0.39 is 5.97 Å². The van der Waals surface area contributed by atoms with Crippen molar-refractivity contribution in [1.29, 1.82) is 0 Å². The molecule has 0 atom stereocenters. The van der Waals surface area contributed by atoms with Crippen molar-refractivity contribution < 1.29 is 14.7 Å². The van der Waals surface area contributed by atoms with E-state index in [2.05, 4.69) is 5.73 Å². The molecule has 0 radical (unpaired) electrons. The van der Waals surface area contributed by atoms with Crippen LogP contribution in [0, 0.1) is 0 Å². The predicted molar refractivity (Wildman–Crippen MR) is 25.7 cm³/mol. The van der Waals surface area contributed by atoms with E-state index >= 15 is 0 Å². The van der Waals surface area contributed by atoms with Crippen LogP contribution in [-0.4, -0.2) is 23.7 Å². The average Bonchev–Trinajstić information content (AvgIpc) is 1.69. The monoisotopic (exact) mass is 117 g/mol. The molecule has 0 saturated heterocycles. The fourth-order valence-corrected chi connectivity index (χ4v) is 0. The number of hydrogen-bond donors (Lipinski definition) is 2. The summed E-state index contributed by atoms with van der Waals surface area (Å²) in [7, 11) is 0. The van der Waals surface area contributed by atoms with Crippen LogP contribution in [-0.2, 0) is 9.59 Å². The fourth-order valence-electron chi connectivity index (χ4n) is 0. The second kappa shape index (κ2) is 9.26. The lowest BCUT2D eigenvalue weighted by atomic mass is 10.7. The van der Waals surface area contributed by atoms with Crippen molar-refractivity contribution in [3.05, 3.63) is 5.41 Å². The van der Waals surface area contributed by atoms with Crippen molar-refractivity contribution in [3.63, 3.8) is 0 Å². The van der Waals surface area contributed by atoms with Gasteiger partial charge in [0.2, 0.25) is 0 Å². The van der Waals surface area contributed by atoms with Gasteiger partial charge in [0, 0.05) is 0 Å². The maximum atomic E-state index is 9.24. The highest BCUT2D eigenvalue weighted by molar-refractivity contribution is 5.68. The van der Waals surface area contributed by atoms with Gasteiger partial charge in [-0.2, -0.15) is 0 Å². The standard InChI is InChI=1S/C2H5NO2.CNO/c3-1-2(4)5;2-1-3/h1,3H2,(H,4,5);/q;-1. The highest BCUT2D eigenvalue weighted by Crippen LogP contribution is 1.43. The molecule has 0 aromatic carbocycles. The summed E-state index contributed by atoms with van der Waals surface area (Å²) in [5.41, 5.74) is 4.57. The zero-order chi connectivity index (χ0) is 6.99. The molecule has 0 spiro atoms. The van der Waals surface area contributed by atoms with E-state index in [-0.39, 0.29) is 6.54 Å². The molecule has 0 aliphatic carbocycles. The second-order valence-electron chi connectivity index (χ2n) is 0.689. The number of nitrogens with zero attached hydrogens (tertiary/aromatic N) is 1. The lowest BCUT2D eigenvalue weighted by Gasteiger charge is -1.73. The Kier molecular flexibility index (Phi) is 11.5. The molecule has 46 valence electrons. The summed E-state index contributed by atoms with van der Waals surface area (Å²) < 4.78 is 0. The van der Waals surface area contributed by atoms with Crippen LogP contribution < -0.4 is 5.73 Å². The first-order chi connectivity index (χ1) is 3.68. The maximum absolute atomic E-state index is 9.24. The van der Waals surface area contributed by atoms with Gasteiger partial charge in [0.25, 0.3) is 0 Å². The smallest absolute Gasteiger partial charge is 0.317 e. The van der Waals surface area contributed by atoms with E-state index in [0.29, 0.717) is 6.08 Å². The van der Waals surface area contributed by atoms with Crippen molar-refractivity contribution in [1.82, 2.24) is 0 Å². The highest BCUT2D eigenvalue weighted by atomic mass is 16.4. The minimum Gasteiger partial charge on any atom is -0.724 e. The van der Waals surface area contributed by atoms with Crippen LogP contribution in [0.3, 0.4) is 0 Å². The van der Waals surface area contributed by atoms with Gasteiger partial charge in [0.15, 0.2) is 0 Å². The van der Waals surface area contributed by atoms with Gasteiger partial charge in [-0.1, -0.05) is 0 Å². The van der Waals surface area contributed by atoms with Gasteiger partial charge in [-0.25, -0.2) is 0 Å². The summed E-state index contributed by atoms with van der Waals surface area (Å²) in [6, 6.07) is 0. The van der Waals surface area contributed by atoms with Crippen LogP contribution >= 0.6 is 0 Å². The molecule has 0 aliphatic rings. The van der Waals surface area contributed by atoms with Crippen LogP contribution in [0.15, 0.2) is 0 Å². The number of carboxylic acids is 1. The van der Waals surface area contributed by atoms with Crippen molar-refractivity contribution >= 4 is 12.0 Å². The molecule has 8 heavy (non-hydrogen) atoms.